The highest BCUT2D eigenvalue weighted by Gasteiger charge is 2.13. The number of nitrogens with one attached hydrogen (secondary N) is 2. The number of aromatic nitrogens is 4. The van der Waals surface area contributed by atoms with Crippen LogP contribution in [0, 0.1) is 13.8 Å². The Kier molecular flexibility index (Phi) is 6.80. The number of pyridine rings is 1. The van der Waals surface area contributed by atoms with Crippen LogP contribution in [0.3, 0.4) is 0 Å². The molecule has 0 aliphatic heterocycles. The number of ether oxygens (including phenoxy) is 2. The Bertz CT molecular complexity index is 1250. The van der Waals surface area contributed by atoms with E-state index in [0.29, 0.717) is 24.7 Å². The van der Waals surface area contributed by atoms with Crippen LogP contribution in [-0.4, -0.2) is 45.7 Å². The van der Waals surface area contributed by atoms with E-state index in [1.807, 2.05) is 61.0 Å². The molecule has 3 aromatic heterocycles. The SMILES string of the molecule is COCCNC(=O)Cn1ccc2ncnc(Nc3ccc(Oc4ccc(C)nc4)c(C)c3)c21. The van der Waals surface area contributed by atoms with Crippen molar-refractivity contribution in [3.8, 4) is 11.5 Å². The molecule has 1 aromatic carbocycles. The first-order chi connectivity index (χ1) is 16.0. The Morgan fingerprint density at radius 1 is 1.09 bits per heavy atom. The first-order valence-corrected chi connectivity index (χ1v) is 10.6. The normalized spacial score (nSPS) is 10.9. The van der Waals surface area contributed by atoms with Gasteiger partial charge in [0.15, 0.2) is 5.82 Å². The van der Waals surface area contributed by atoms with Gasteiger partial charge in [0.25, 0.3) is 0 Å². The molecule has 0 saturated carbocycles. The predicted molar refractivity (Wildman–Crippen MR) is 126 cm³/mol. The summed E-state index contributed by atoms with van der Waals surface area (Å²) in [6, 6.07) is 11.5. The fraction of sp³-hybridized carbons (Fsp3) is 0.250. The lowest BCUT2D eigenvalue weighted by atomic mass is 10.2. The molecule has 0 fully saturated rings. The van der Waals surface area contributed by atoms with Crippen molar-refractivity contribution >= 4 is 28.4 Å². The molecule has 4 rings (SSSR count). The number of benzene rings is 1. The first kappa shape index (κ1) is 22.2. The van der Waals surface area contributed by atoms with E-state index in [4.69, 9.17) is 9.47 Å². The molecule has 33 heavy (non-hydrogen) atoms. The highest BCUT2D eigenvalue weighted by atomic mass is 16.5. The molecule has 2 N–H and O–H groups in total. The average molecular weight is 447 g/mol. The third-order valence-corrected chi connectivity index (χ3v) is 5.04. The Labute approximate surface area is 191 Å². The van der Waals surface area contributed by atoms with Gasteiger partial charge in [-0.05, 0) is 55.8 Å². The highest BCUT2D eigenvalue weighted by molar-refractivity contribution is 5.89. The standard InChI is InChI=1S/C24H26N6O3/c1-16-12-18(5-7-21(16)33-19-6-4-17(2)26-13-19)29-24-23-20(27-15-28-24)8-10-30(23)14-22(31)25-9-11-32-3/h4-8,10,12-13,15H,9,11,14H2,1-3H3,(H,25,31)(H,27,28,29). The second kappa shape index (κ2) is 10.1. The summed E-state index contributed by atoms with van der Waals surface area (Å²) >= 11 is 0. The molecule has 9 heteroatoms. The van der Waals surface area contributed by atoms with Crippen molar-refractivity contribution < 1.29 is 14.3 Å². The van der Waals surface area contributed by atoms with E-state index < -0.39 is 0 Å². The Morgan fingerprint density at radius 3 is 2.73 bits per heavy atom. The molecule has 0 unspecified atom stereocenters. The molecule has 4 aromatic rings. The molecule has 9 nitrogen and oxygen atoms in total. The van der Waals surface area contributed by atoms with Crippen LogP contribution in [0.25, 0.3) is 11.0 Å². The number of hydrogen-bond acceptors (Lipinski definition) is 7. The summed E-state index contributed by atoms with van der Waals surface area (Å²) in [5.74, 6) is 1.94. The molecule has 1 amide bonds. The zero-order valence-electron chi connectivity index (χ0n) is 18.8. The molecule has 0 aliphatic carbocycles. The molecule has 3 heterocycles. The Balaban J connectivity index is 1.52. The van der Waals surface area contributed by atoms with Gasteiger partial charge in [-0.25, -0.2) is 9.97 Å². The van der Waals surface area contributed by atoms with Crippen molar-refractivity contribution in [3.05, 3.63) is 66.4 Å². The molecular weight excluding hydrogens is 420 g/mol. The lowest BCUT2D eigenvalue weighted by Crippen LogP contribution is -2.30. The molecular formula is C24H26N6O3. The quantitative estimate of drug-likeness (QED) is 0.378. The van der Waals surface area contributed by atoms with Crippen molar-refractivity contribution in [1.29, 1.82) is 0 Å². The van der Waals surface area contributed by atoms with E-state index in [1.165, 1.54) is 6.33 Å². The van der Waals surface area contributed by atoms with Gasteiger partial charge >= 0.3 is 0 Å². The van der Waals surface area contributed by atoms with Crippen molar-refractivity contribution in [3.63, 3.8) is 0 Å². The van der Waals surface area contributed by atoms with Gasteiger partial charge in [-0.1, -0.05) is 0 Å². The van der Waals surface area contributed by atoms with Crippen LogP contribution in [0.2, 0.25) is 0 Å². The third kappa shape index (κ3) is 5.45. The highest BCUT2D eigenvalue weighted by Crippen LogP contribution is 2.29. The lowest BCUT2D eigenvalue weighted by molar-refractivity contribution is -0.121. The smallest absolute Gasteiger partial charge is 0.240 e. The second-order valence-electron chi connectivity index (χ2n) is 7.59. The Morgan fingerprint density at radius 2 is 1.97 bits per heavy atom. The average Bonchev–Trinajstić information content (AvgIpc) is 3.21. The monoisotopic (exact) mass is 446 g/mol. The molecule has 0 radical (unpaired) electrons. The Hall–Kier alpha value is -3.98. The van der Waals surface area contributed by atoms with Gasteiger partial charge in [-0.15, -0.1) is 0 Å². The number of methoxy groups -OCH3 is 1. The summed E-state index contributed by atoms with van der Waals surface area (Å²) in [4.78, 5) is 25.3. The summed E-state index contributed by atoms with van der Waals surface area (Å²) < 4.78 is 12.8. The van der Waals surface area contributed by atoms with Crippen LogP contribution in [-0.2, 0) is 16.1 Å². The van der Waals surface area contributed by atoms with E-state index in [2.05, 4.69) is 25.6 Å². The van der Waals surface area contributed by atoms with Gasteiger partial charge in [0.2, 0.25) is 5.91 Å². The van der Waals surface area contributed by atoms with Crippen molar-refractivity contribution in [1.82, 2.24) is 24.8 Å². The maximum absolute atomic E-state index is 12.3. The van der Waals surface area contributed by atoms with Gasteiger partial charge in [0.1, 0.15) is 29.9 Å². The maximum Gasteiger partial charge on any atom is 0.240 e. The van der Waals surface area contributed by atoms with Crippen LogP contribution in [0.5, 0.6) is 11.5 Å². The minimum Gasteiger partial charge on any atom is -0.455 e. The molecule has 0 atom stereocenters. The van der Waals surface area contributed by atoms with Crippen molar-refractivity contribution in [2.75, 3.05) is 25.6 Å². The van der Waals surface area contributed by atoms with E-state index in [-0.39, 0.29) is 12.5 Å². The lowest BCUT2D eigenvalue weighted by Gasteiger charge is -2.13. The van der Waals surface area contributed by atoms with Crippen LogP contribution in [0.1, 0.15) is 11.3 Å². The van der Waals surface area contributed by atoms with Gasteiger partial charge in [0, 0.05) is 31.2 Å². The van der Waals surface area contributed by atoms with E-state index in [0.717, 1.165) is 33.7 Å². The zero-order chi connectivity index (χ0) is 23.2. The van der Waals surface area contributed by atoms with Crippen LogP contribution < -0.4 is 15.4 Å². The minimum absolute atomic E-state index is 0.109. The first-order valence-electron chi connectivity index (χ1n) is 10.6. The molecule has 0 bridgehead atoms. The van der Waals surface area contributed by atoms with Crippen LogP contribution in [0.15, 0.2) is 55.1 Å². The molecule has 0 spiro atoms. The topological polar surface area (TPSA) is 103 Å². The van der Waals surface area contributed by atoms with Gasteiger partial charge in [-0.2, -0.15) is 0 Å². The van der Waals surface area contributed by atoms with E-state index in [1.54, 1.807) is 13.3 Å². The van der Waals surface area contributed by atoms with E-state index in [9.17, 15) is 4.79 Å². The number of hydrogen-bond donors (Lipinski definition) is 2. The summed E-state index contributed by atoms with van der Waals surface area (Å²) in [6.45, 7) is 5.00. The summed E-state index contributed by atoms with van der Waals surface area (Å²) in [5.41, 5.74) is 4.24. The summed E-state index contributed by atoms with van der Waals surface area (Å²) in [5, 5.41) is 6.17. The fourth-order valence-corrected chi connectivity index (χ4v) is 3.38. The van der Waals surface area contributed by atoms with Gasteiger partial charge < -0.3 is 24.7 Å². The predicted octanol–water partition coefficient (Wildman–Crippen LogP) is 3.74. The molecule has 170 valence electrons. The number of rotatable bonds is 9. The third-order valence-electron chi connectivity index (χ3n) is 5.04. The molecule has 0 saturated heterocycles. The van der Waals surface area contributed by atoms with Crippen LogP contribution in [0.4, 0.5) is 11.5 Å². The minimum atomic E-state index is -0.109. The number of fused-ring (bicyclic) bond motifs is 1. The number of carbonyl (C=O) groups excluding carboxylic acids is 1. The number of nitrogens with zero attached hydrogens (tertiary/aromatic N) is 4. The number of anilines is 2. The van der Waals surface area contributed by atoms with Gasteiger partial charge in [-0.3, -0.25) is 9.78 Å². The van der Waals surface area contributed by atoms with Crippen LogP contribution >= 0.6 is 0 Å². The van der Waals surface area contributed by atoms with E-state index >= 15 is 0 Å². The number of carbonyl (C=O) groups is 1. The zero-order valence-corrected chi connectivity index (χ0v) is 18.8. The van der Waals surface area contributed by atoms with Crippen molar-refractivity contribution in [2.45, 2.75) is 20.4 Å². The maximum atomic E-state index is 12.3. The summed E-state index contributed by atoms with van der Waals surface area (Å²) in [6.07, 6.45) is 5.04. The summed E-state index contributed by atoms with van der Waals surface area (Å²) in [7, 11) is 1.60. The number of amides is 1. The fourth-order valence-electron chi connectivity index (χ4n) is 3.38. The van der Waals surface area contributed by atoms with Gasteiger partial charge in [0.05, 0.1) is 18.3 Å². The van der Waals surface area contributed by atoms with Crippen molar-refractivity contribution in [2.24, 2.45) is 0 Å². The number of aryl methyl sites for hydroxylation is 2. The molecule has 0 aliphatic rings. The second-order valence-corrected chi connectivity index (χ2v) is 7.59. The largest absolute Gasteiger partial charge is 0.455 e.